The highest BCUT2D eigenvalue weighted by atomic mass is 16.8. The van der Waals surface area contributed by atoms with Crippen LogP contribution in [-0.2, 0) is 19.0 Å². The Hall–Kier alpha value is -1.07. The predicted molar refractivity (Wildman–Crippen MR) is 80.7 cm³/mol. The summed E-state index contributed by atoms with van der Waals surface area (Å²) in [5.74, 6) is -0.589. The first-order valence-electron chi connectivity index (χ1n) is 8.33. The van der Waals surface area contributed by atoms with Crippen LogP contribution in [0.4, 0.5) is 0 Å². The molecule has 0 bridgehead atoms. The van der Waals surface area contributed by atoms with Crippen LogP contribution >= 0.6 is 0 Å². The monoisotopic (exact) mass is 360 g/mol. The van der Waals surface area contributed by atoms with Crippen molar-refractivity contribution in [2.75, 3.05) is 6.61 Å². The smallest absolute Gasteiger partial charge is 0.207 e. The molecule has 1 saturated carbocycles. The van der Waals surface area contributed by atoms with Gasteiger partial charge in [0.1, 0.15) is 30.0 Å². The van der Waals surface area contributed by atoms with Crippen LogP contribution in [0.3, 0.4) is 0 Å². The number of ether oxygens (including phenoxy) is 3. The Labute approximate surface area is 144 Å². The van der Waals surface area contributed by atoms with Gasteiger partial charge in [0.25, 0.3) is 0 Å². The van der Waals surface area contributed by atoms with Gasteiger partial charge >= 0.3 is 0 Å². The summed E-state index contributed by atoms with van der Waals surface area (Å²) in [6, 6.07) is 0. The van der Waals surface area contributed by atoms with Gasteiger partial charge in [-0.25, -0.2) is 0 Å². The highest BCUT2D eigenvalue weighted by Gasteiger charge is 2.56. The van der Waals surface area contributed by atoms with Gasteiger partial charge in [0, 0.05) is 0 Å². The maximum atomic E-state index is 11.2. The van der Waals surface area contributed by atoms with E-state index in [1.165, 1.54) is 0 Å². The van der Waals surface area contributed by atoms with E-state index < -0.39 is 55.1 Å². The van der Waals surface area contributed by atoms with Crippen LogP contribution in [0.1, 0.15) is 19.8 Å². The maximum Gasteiger partial charge on any atom is 0.207 e. The van der Waals surface area contributed by atoms with Crippen LogP contribution in [0.2, 0.25) is 0 Å². The SMILES string of the molecule is C[C@H]1CC[C@]2(O)C(C=O)=CO[C@@H](O[C@H]3O[C@@H](CO)[C@@H](O)[C@H](O)[C@@H]3O)[C@H]12. The fourth-order valence-corrected chi connectivity index (χ4v) is 3.98. The minimum Gasteiger partial charge on any atom is -0.471 e. The largest absolute Gasteiger partial charge is 0.471 e. The number of rotatable bonds is 4. The number of hydrogen-bond donors (Lipinski definition) is 5. The van der Waals surface area contributed by atoms with Gasteiger partial charge in [0.2, 0.25) is 6.29 Å². The van der Waals surface area contributed by atoms with E-state index in [1.807, 2.05) is 6.92 Å². The van der Waals surface area contributed by atoms with Gasteiger partial charge in [-0.05, 0) is 18.8 Å². The standard InChI is InChI=1S/C16H24O9/c1-7-2-3-16(22)8(4-17)6-23-14(10(7)16)25-15-13(21)12(20)11(19)9(5-18)24-15/h4,6-7,9-15,18-22H,2-3,5H2,1H3/t7-,9-,10-,11+,12-,13-,14-,15+,16-/m0/s1. The summed E-state index contributed by atoms with van der Waals surface area (Å²) in [4.78, 5) is 11.2. The number of aliphatic hydroxyl groups excluding tert-OH is 4. The fraction of sp³-hybridized carbons (Fsp3) is 0.812. The van der Waals surface area contributed by atoms with Crippen LogP contribution in [0.15, 0.2) is 11.8 Å². The lowest BCUT2D eigenvalue weighted by Gasteiger charge is -2.44. The Bertz CT molecular complexity index is 536. The number of aldehydes is 1. The molecule has 0 unspecified atom stereocenters. The molecule has 0 aromatic heterocycles. The first-order chi connectivity index (χ1) is 11.8. The van der Waals surface area contributed by atoms with Crippen molar-refractivity contribution in [1.82, 2.24) is 0 Å². The quantitative estimate of drug-likeness (QED) is 0.360. The maximum absolute atomic E-state index is 11.2. The normalized spacial score (nSPS) is 49.9. The molecule has 9 nitrogen and oxygen atoms in total. The van der Waals surface area contributed by atoms with Gasteiger partial charge in [-0.3, -0.25) is 4.79 Å². The van der Waals surface area contributed by atoms with Crippen molar-refractivity contribution >= 4 is 6.29 Å². The zero-order valence-electron chi connectivity index (χ0n) is 13.8. The summed E-state index contributed by atoms with van der Waals surface area (Å²) in [6.07, 6.45) is -5.40. The van der Waals surface area contributed by atoms with Crippen molar-refractivity contribution in [2.45, 2.75) is 62.4 Å². The Kier molecular flexibility index (Phi) is 5.18. The first-order valence-corrected chi connectivity index (χ1v) is 8.33. The Morgan fingerprint density at radius 3 is 2.64 bits per heavy atom. The summed E-state index contributed by atoms with van der Waals surface area (Å²) in [5, 5.41) is 49.9. The van der Waals surface area contributed by atoms with E-state index in [1.54, 1.807) is 0 Å². The third kappa shape index (κ3) is 2.99. The molecule has 0 radical (unpaired) electrons. The van der Waals surface area contributed by atoms with Gasteiger partial charge < -0.3 is 39.7 Å². The van der Waals surface area contributed by atoms with E-state index in [4.69, 9.17) is 14.2 Å². The molecule has 0 amide bonds. The van der Waals surface area contributed by atoms with E-state index >= 15 is 0 Å². The number of aliphatic hydroxyl groups is 5. The molecule has 1 aliphatic carbocycles. The molecule has 5 N–H and O–H groups in total. The molecule has 9 heteroatoms. The second-order valence-electron chi connectivity index (χ2n) is 6.99. The molecule has 0 aromatic carbocycles. The molecule has 2 aliphatic heterocycles. The summed E-state index contributed by atoms with van der Waals surface area (Å²) in [7, 11) is 0. The second-order valence-corrected chi connectivity index (χ2v) is 6.99. The van der Waals surface area contributed by atoms with Crippen molar-refractivity contribution in [1.29, 1.82) is 0 Å². The number of carbonyl (C=O) groups is 1. The molecule has 2 fully saturated rings. The topological polar surface area (TPSA) is 146 Å². The van der Waals surface area contributed by atoms with Crippen LogP contribution in [0.25, 0.3) is 0 Å². The average molecular weight is 360 g/mol. The van der Waals surface area contributed by atoms with E-state index in [2.05, 4.69) is 0 Å². The fourth-order valence-electron chi connectivity index (χ4n) is 3.98. The molecule has 142 valence electrons. The third-order valence-corrected chi connectivity index (χ3v) is 5.51. The molecule has 3 rings (SSSR count). The Morgan fingerprint density at radius 1 is 1.28 bits per heavy atom. The van der Waals surface area contributed by atoms with Crippen molar-refractivity contribution < 1.29 is 44.5 Å². The third-order valence-electron chi connectivity index (χ3n) is 5.51. The summed E-state index contributed by atoms with van der Waals surface area (Å²) in [5.41, 5.74) is -1.26. The second kappa shape index (κ2) is 6.92. The lowest BCUT2D eigenvalue weighted by atomic mass is 9.80. The summed E-state index contributed by atoms with van der Waals surface area (Å²) < 4.78 is 16.4. The van der Waals surface area contributed by atoms with Crippen molar-refractivity contribution in [2.24, 2.45) is 11.8 Å². The van der Waals surface area contributed by atoms with Crippen LogP contribution in [0, 0.1) is 11.8 Å². The molecule has 3 aliphatic rings. The van der Waals surface area contributed by atoms with Crippen LogP contribution in [0.5, 0.6) is 0 Å². The molecular weight excluding hydrogens is 336 g/mol. The van der Waals surface area contributed by atoms with E-state index in [0.29, 0.717) is 19.1 Å². The van der Waals surface area contributed by atoms with Gasteiger partial charge in [0.05, 0.1) is 24.4 Å². The van der Waals surface area contributed by atoms with Gasteiger partial charge in [0.15, 0.2) is 12.6 Å². The molecule has 0 aromatic rings. The highest BCUT2D eigenvalue weighted by molar-refractivity contribution is 5.76. The Balaban J connectivity index is 1.80. The zero-order valence-corrected chi connectivity index (χ0v) is 13.8. The number of fused-ring (bicyclic) bond motifs is 1. The molecular formula is C16H24O9. The molecule has 2 heterocycles. The minimum absolute atomic E-state index is 0.0245. The molecule has 0 spiro atoms. The first kappa shape index (κ1) is 18.7. The predicted octanol–water partition coefficient (Wildman–Crippen LogP) is -1.98. The van der Waals surface area contributed by atoms with Gasteiger partial charge in [-0.15, -0.1) is 0 Å². The molecule has 9 atom stereocenters. The number of hydrogen-bond acceptors (Lipinski definition) is 9. The van der Waals surface area contributed by atoms with Crippen molar-refractivity contribution in [3.05, 3.63) is 11.8 Å². The molecule has 25 heavy (non-hydrogen) atoms. The van der Waals surface area contributed by atoms with Crippen molar-refractivity contribution in [3.63, 3.8) is 0 Å². The highest BCUT2D eigenvalue weighted by Crippen LogP contribution is 2.49. The van der Waals surface area contributed by atoms with E-state index in [9.17, 15) is 30.3 Å². The Morgan fingerprint density at radius 2 is 2.00 bits per heavy atom. The lowest BCUT2D eigenvalue weighted by molar-refractivity contribution is -0.346. The van der Waals surface area contributed by atoms with Gasteiger partial charge in [-0.2, -0.15) is 0 Å². The minimum atomic E-state index is -1.57. The zero-order chi connectivity index (χ0) is 18.4. The van der Waals surface area contributed by atoms with Crippen LogP contribution in [-0.4, -0.2) is 81.0 Å². The van der Waals surface area contributed by atoms with E-state index in [0.717, 1.165) is 6.26 Å². The lowest BCUT2D eigenvalue weighted by Crippen LogP contribution is -2.61. The van der Waals surface area contributed by atoms with E-state index in [-0.39, 0.29) is 11.5 Å². The van der Waals surface area contributed by atoms with Crippen LogP contribution < -0.4 is 0 Å². The summed E-state index contributed by atoms with van der Waals surface area (Å²) >= 11 is 0. The van der Waals surface area contributed by atoms with Crippen molar-refractivity contribution in [3.8, 4) is 0 Å². The summed E-state index contributed by atoms with van der Waals surface area (Å²) in [6.45, 7) is 1.32. The molecule has 1 saturated heterocycles. The number of carbonyl (C=O) groups excluding carboxylic acids is 1. The average Bonchev–Trinajstić information content (AvgIpc) is 2.91. The van der Waals surface area contributed by atoms with Gasteiger partial charge in [-0.1, -0.05) is 6.92 Å².